The summed E-state index contributed by atoms with van der Waals surface area (Å²) >= 11 is 0. The number of aliphatic imine (C=N–C) groups is 1. The van der Waals surface area contributed by atoms with Crippen molar-refractivity contribution in [2.75, 3.05) is 7.11 Å². The molecule has 0 fully saturated rings. The first-order valence-corrected chi connectivity index (χ1v) is 13.0. The Kier molecular flexibility index (Phi) is 8.02. The number of carbonyl (C=O) groups is 1. The van der Waals surface area contributed by atoms with Crippen molar-refractivity contribution in [1.29, 1.82) is 0 Å². The molecule has 6 heteroatoms. The summed E-state index contributed by atoms with van der Waals surface area (Å²) in [7, 11) is 1.56. The minimum absolute atomic E-state index is 0.416. The summed E-state index contributed by atoms with van der Waals surface area (Å²) in [4.78, 5) is 19.0. The van der Waals surface area contributed by atoms with E-state index >= 15 is 0 Å². The van der Waals surface area contributed by atoms with Gasteiger partial charge in [-0.1, -0.05) is 92.2 Å². The van der Waals surface area contributed by atoms with Crippen LogP contribution < -0.4 is 14.8 Å². The molecule has 0 spiro atoms. The summed E-state index contributed by atoms with van der Waals surface area (Å²) in [5, 5.41) is 15.4. The lowest BCUT2D eigenvalue weighted by atomic mass is 9.68. The largest absolute Gasteiger partial charge is 0.493 e. The molecule has 0 bridgehead atoms. The maximum atomic E-state index is 14.2. The third kappa shape index (κ3) is 4.96. The molecule has 1 aliphatic rings. The topological polar surface area (TPSA) is 80.1 Å². The molecule has 198 valence electrons. The highest BCUT2D eigenvalue weighted by Crippen LogP contribution is 2.46. The molecule has 1 heterocycles. The number of rotatable bonds is 11. The van der Waals surface area contributed by atoms with Crippen LogP contribution >= 0.6 is 0 Å². The summed E-state index contributed by atoms with van der Waals surface area (Å²) < 4.78 is 12.2. The highest BCUT2D eigenvalue weighted by Gasteiger charge is 2.63. The van der Waals surface area contributed by atoms with E-state index in [2.05, 4.69) is 5.32 Å². The van der Waals surface area contributed by atoms with Gasteiger partial charge in [0.1, 0.15) is 5.54 Å². The van der Waals surface area contributed by atoms with Gasteiger partial charge in [0.15, 0.2) is 22.7 Å². The van der Waals surface area contributed by atoms with Crippen LogP contribution in [0.15, 0.2) is 102 Å². The van der Waals surface area contributed by atoms with Gasteiger partial charge in [0.2, 0.25) is 0 Å². The Morgan fingerprint density at radius 3 is 2.00 bits per heavy atom. The number of allylic oxidation sites excluding steroid dienone is 1. The Balaban J connectivity index is 1.79. The van der Waals surface area contributed by atoms with E-state index in [4.69, 9.17) is 14.5 Å². The van der Waals surface area contributed by atoms with Crippen LogP contribution in [0.25, 0.3) is 0 Å². The smallest absolute Gasteiger partial charge is 0.256 e. The predicted molar refractivity (Wildman–Crippen MR) is 151 cm³/mol. The Bertz CT molecular complexity index is 1240. The number of nitrogens with zero attached hydrogens (tertiary/aromatic N) is 1. The maximum absolute atomic E-state index is 14.2. The second-order valence-electron chi connectivity index (χ2n) is 9.90. The minimum atomic E-state index is -2.02. The minimum Gasteiger partial charge on any atom is -0.493 e. The molecular weight excluding hydrogens is 476 g/mol. The van der Waals surface area contributed by atoms with Crippen molar-refractivity contribution in [3.63, 3.8) is 0 Å². The Labute approximate surface area is 225 Å². The molecule has 0 aromatic heterocycles. The van der Waals surface area contributed by atoms with E-state index in [0.29, 0.717) is 17.9 Å². The molecule has 3 unspecified atom stereocenters. The van der Waals surface area contributed by atoms with Crippen molar-refractivity contribution in [3.05, 3.63) is 108 Å². The van der Waals surface area contributed by atoms with Gasteiger partial charge in [0, 0.05) is 6.21 Å². The lowest BCUT2D eigenvalue weighted by molar-refractivity contribution is -0.173. The van der Waals surface area contributed by atoms with E-state index in [1.807, 2.05) is 91.9 Å². The van der Waals surface area contributed by atoms with Crippen LogP contribution in [-0.4, -0.2) is 41.1 Å². The predicted octanol–water partition coefficient (Wildman–Crippen LogP) is 5.67. The number of benzene rings is 3. The SMILES string of the molecule is CCCC1(C(C)(Oc2ccccc2OC)C(C)(O)C(=O)NC(c2ccccc2)c2ccccc2)C=CC=N1. The Hall–Kier alpha value is -3.90. The van der Waals surface area contributed by atoms with Crippen molar-refractivity contribution >= 4 is 12.1 Å². The van der Waals surface area contributed by atoms with Crippen molar-refractivity contribution < 1.29 is 19.4 Å². The first kappa shape index (κ1) is 27.1. The second-order valence-corrected chi connectivity index (χ2v) is 9.90. The number of hydrogen-bond donors (Lipinski definition) is 2. The van der Waals surface area contributed by atoms with Crippen molar-refractivity contribution in [2.45, 2.75) is 56.4 Å². The zero-order valence-electron chi connectivity index (χ0n) is 22.4. The summed E-state index contributed by atoms with van der Waals surface area (Å²) in [6.45, 7) is 5.30. The van der Waals surface area contributed by atoms with Crippen LogP contribution in [0.4, 0.5) is 0 Å². The number of para-hydroxylation sites is 2. The van der Waals surface area contributed by atoms with Gasteiger partial charge in [-0.05, 0) is 49.6 Å². The Morgan fingerprint density at radius 2 is 1.50 bits per heavy atom. The zero-order valence-corrected chi connectivity index (χ0v) is 22.4. The fraction of sp³-hybridized carbons (Fsp3) is 0.312. The second kappa shape index (κ2) is 11.2. The van der Waals surface area contributed by atoms with Gasteiger partial charge < -0.3 is 19.9 Å². The van der Waals surface area contributed by atoms with E-state index < -0.39 is 28.7 Å². The molecule has 3 atom stereocenters. The van der Waals surface area contributed by atoms with Gasteiger partial charge >= 0.3 is 0 Å². The van der Waals surface area contributed by atoms with E-state index in [1.54, 1.807) is 32.4 Å². The molecule has 6 nitrogen and oxygen atoms in total. The molecule has 4 rings (SSSR count). The molecule has 0 saturated heterocycles. The molecular formula is C32H36N2O4. The third-order valence-electron chi connectivity index (χ3n) is 7.52. The highest BCUT2D eigenvalue weighted by atomic mass is 16.5. The van der Waals surface area contributed by atoms with E-state index in [9.17, 15) is 9.90 Å². The Morgan fingerprint density at radius 1 is 0.947 bits per heavy atom. The molecule has 0 saturated carbocycles. The zero-order chi connectivity index (χ0) is 27.2. The molecule has 1 aliphatic heterocycles. The molecule has 0 radical (unpaired) electrons. The lowest BCUT2D eigenvalue weighted by Crippen LogP contribution is -2.71. The van der Waals surface area contributed by atoms with Crippen molar-refractivity contribution in [3.8, 4) is 11.5 Å². The fourth-order valence-electron chi connectivity index (χ4n) is 5.14. The fourth-order valence-corrected chi connectivity index (χ4v) is 5.14. The van der Waals surface area contributed by atoms with Gasteiger partial charge in [0.25, 0.3) is 5.91 Å². The van der Waals surface area contributed by atoms with Crippen molar-refractivity contribution in [1.82, 2.24) is 5.32 Å². The van der Waals surface area contributed by atoms with Crippen LogP contribution in [0, 0.1) is 0 Å². The van der Waals surface area contributed by atoms with Crippen LogP contribution in [0.2, 0.25) is 0 Å². The summed E-state index contributed by atoms with van der Waals surface area (Å²) in [5.41, 5.74) is -2.71. The number of aliphatic hydroxyl groups is 1. The molecule has 1 amide bonds. The van der Waals surface area contributed by atoms with Crippen LogP contribution in [0.3, 0.4) is 0 Å². The van der Waals surface area contributed by atoms with Crippen LogP contribution in [0.5, 0.6) is 11.5 Å². The molecule has 0 aliphatic carbocycles. The molecule has 3 aromatic carbocycles. The number of nitrogens with one attached hydrogen (secondary N) is 1. The van der Waals surface area contributed by atoms with E-state index in [-0.39, 0.29) is 0 Å². The number of ether oxygens (including phenoxy) is 2. The average molecular weight is 513 g/mol. The van der Waals surface area contributed by atoms with E-state index in [0.717, 1.165) is 17.5 Å². The first-order valence-electron chi connectivity index (χ1n) is 13.0. The molecule has 3 aromatic rings. The summed E-state index contributed by atoms with van der Waals surface area (Å²) in [6, 6.07) is 26.2. The lowest BCUT2D eigenvalue weighted by Gasteiger charge is -2.50. The molecule has 38 heavy (non-hydrogen) atoms. The standard InChI is InChI=1S/C32H36N2O4/c1-5-21-32(22-14-23-33-32)31(3,38-27-20-13-12-19-26(27)37-4)30(2,36)29(35)34-28(24-15-8-6-9-16-24)25-17-10-7-11-18-25/h6-20,22-23,28,36H,5,21H2,1-4H3,(H,34,35). The summed E-state index contributed by atoms with van der Waals surface area (Å²) in [5.74, 6) is 0.344. The highest BCUT2D eigenvalue weighted by molar-refractivity contribution is 5.88. The quantitative estimate of drug-likeness (QED) is 0.347. The number of amides is 1. The van der Waals surface area contributed by atoms with Gasteiger partial charge in [-0.2, -0.15) is 0 Å². The molecule has 2 N–H and O–H groups in total. The van der Waals surface area contributed by atoms with Gasteiger partial charge in [-0.25, -0.2) is 0 Å². The van der Waals surface area contributed by atoms with Crippen LogP contribution in [-0.2, 0) is 4.79 Å². The van der Waals surface area contributed by atoms with Gasteiger partial charge in [0.05, 0.1) is 13.2 Å². The van der Waals surface area contributed by atoms with Crippen LogP contribution in [0.1, 0.15) is 50.8 Å². The maximum Gasteiger partial charge on any atom is 0.256 e. The number of carbonyl (C=O) groups excluding carboxylic acids is 1. The number of hydrogen-bond acceptors (Lipinski definition) is 5. The van der Waals surface area contributed by atoms with Crippen molar-refractivity contribution in [2.24, 2.45) is 4.99 Å². The normalized spacial score (nSPS) is 19.5. The number of methoxy groups -OCH3 is 1. The average Bonchev–Trinajstić information content (AvgIpc) is 3.43. The van der Waals surface area contributed by atoms with E-state index in [1.165, 1.54) is 6.92 Å². The van der Waals surface area contributed by atoms with Gasteiger partial charge in [-0.15, -0.1) is 0 Å². The van der Waals surface area contributed by atoms with Gasteiger partial charge in [-0.3, -0.25) is 9.79 Å². The monoisotopic (exact) mass is 512 g/mol. The third-order valence-corrected chi connectivity index (χ3v) is 7.52. The summed E-state index contributed by atoms with van der Waals surface area (Å²) in [6.07, 6.45) is 6.78. The first-order chi connectivity index (χ1) is 18.3.